The Balaban J connectivity index is 0.608. The average molecular weight is 1490 g/mol. The molecular formula is C91H108O18. The molecule has 9 fully saturated rings. The van der Waals surface area contributed by atoms with Gasteiger partial charge in [0.05, 0.1) is 143 Å². The Bertz CT molecular complexity index is 4290. The number of benzene rings is 6. The van der Waals surface area contributed by atoms with Crippen molar-refractivity contribution in [3.8, 4) is 0 Å². The Morgan fingerprint density at radius 1 is 0.523 bits per heavy atom. The number of hydrogen-bond donors (Lipinski definition) is 1. The van der Waals surface area contributed by atoms with Crippen LogP contribution in [-0.2, 0) is 100 Å². The van der Waals surface area contributed by atoms with Crippen LogP contribution in [0.25, 0.3) is 32.3 Å². The third kappa shape index (κ3) is 15.1. The molecule has 12 aliphatic rings. The summed E-state index contributed by atoms with van der Waals surface area (Å²) < 4.78 is 116. The van der Waals surface area contributed by atoms with Gasteiger partial charge in [-0.15, -0.1) is 6.58 Å². The van der Waals surface area contributed by atoms with E-state index < -0.39 is 90.6 Å². The molecule has 30 atom stereocenters. The molecule has 12 heterocycles. The zero-order valence-corrected chi connectivity index (χ0v) is 63.4. The molecule has 109 heavy (non-hydrogen) atoms. The van der Waals surface area contributed by atoms with Crippen LogP contribution in [0.5, 0.6) is 0 Å². The lowest BCUT2D eigenvalue weighted by Crippen LogP contribution is -2.64. The minimum atomic E-state index is -1.09. The molecular weight excluding hydrogens is 1380 g/mol. The summed E-state index contributed by atoms with van der Waals surface area (Å²) in [4.78, 5) is 13.5. The number of rotatable bonds is 15. The summed E-state index contributed by atoms with van der Waals surface area (Å²) in [6, 6.07) is 44.6. The lowest BCUT2D eigenvalue weighted by molar-refractivity contribution is -0.342. The molecule has 580 valence electrons. The quantitative estimate of drug-likeness (QED) is 0.0956. The first-order valence-corrected chi connectivity index (χ1v) is 40.8. The van der Waals surface area contributed by atoms with Crippen LogP contribution in [0.15, 0.2) is 177 Å². The van der Waals surface area contributed by atoms with E-state index in [9.17, 15) is 9.90 Å². The van der Waals surface area contributed by atoms with Crippen molar-refractivity contribution in [2.24, 2.45) is 23.7 Å². The number of aliphatic carboxylic acids is 1. The predicted octanol–water partition coefficient (Wildman–Crippen LogP) is 14.9. The van der Waals surface area contributed by atoms with E-state index in [0.29, 0.717) is 71.4 Å². The smallest absolute Gasteiger partial charge is 0.306 e. The van der Waals surface area contributed by atoms with Crippen molar-refractivity contribution in [1.29, 1.82) is 0 Å². The summed E-state index contributed by atoms with van der Waals surface area (Å²) in [5, 5.41) is 18.0. The fourth-order valence-electron chi connectivity index (χ4n) is 20.6. The van der Waals surface area contributed by atoms with Gasteiger partial charge in [0.2, 0.25) is 0 Å². The van der Waals surface area contributed by atoms with Crippen LogP contribution in [0.2, 0.25) is 0 Å². The first-order chi connectivity index (χ1) is 53.2. The summed E-state index contributed by atoms with van der Waals surface area (Å²) in [7, 11) is 0. The molecule has 0 saturated carbocycles. The lowest BCUT2D eigenvalue weighted by atomic mass is 9.76. The van der Waals surface area contributed by atoms with Crippen molar-refractivity contribution in [3.63, 3.8) is 0 Å². The maximum absolute atomic E-state index is 13.5. The second-order valence-corrected chi connectivity index (χ2v) is 33.7. The highest BCUT2D eigenvalue weighted by Gasteiger charge is 2.63. The predicted molar refractivity (Wildman–Crippen MR) is 409 cm³/mol. The van der Waals surface area contributed by atoms with Crippen LogP contribution in [-0.4, -0.2) is 182 Å². The van der Waals surface area contributed by atoms with Crippen molar-refractivity contribution < 1.29 is 85.7 Å². The average Bonchev–Trinajstić information content (AvgIpc) is 1.64. The number of hydrogen-bond acceptors (Lipinski definition) is 17. The van der Waals surface area contributed by atoms with Crippen molar-refractivity contribution in [3.05, 3.63) is 193 Å². The SMILES string of the molecule is C=CC[C@H]1O[C@H]2C=C[C@H]3O[C@H]4[C@H](OCc5ccc6ccccc6c5)[C@H]5OCC=CC[C@@H]5O[C@@H]4C[C@@H]3O[C@@H]2C/C=C\[C@@H]1O[C@@H]1C[C@@H](OCc2ccc3ccccc3c2)[C@]2(C)O[C@@H]3C[C@H](C)C[C@@H]4O[C@@H]5[C@@H](C)[C@H](OCc6ccc7ccccc7c6)[C@@H]6O[C@]7(CCCO7)[C@@H](C)[C@H](C)[C@H]6O[C@H]5C[C@H]4O[C@H]3C[C@H]2O[C@H]1CC(=O)O. The second-order valence-electron chi connectivity index (χ2n) is 33.7. The summed E-state index contributed by atoms with van der Waals surface area (Å²) >= 11 is 0. The summed E-state index contributed by atoms with van der Waals surface area (Å²) in [6.07, 6.45) is 9.92. The number of fused-ring (bicyclic) bond motifs is 12. The molecule has 18 rings (SSSR count). The highest BCUT2D eigenvalue weighted by Crippen LogP contribution is 2.53. The van der Waals surface area contributed by atoms with Crippen molar-refractivity contribution in [1.82, 2.24) is 0 Å². The molecule has 0 bridgehead atoms. The Morgan fingerprint density at radius 2 is 1.12 bits per heavy atom. The Hall–Kier alpha value is -6.11. The van der Waals surface area contributed by atoms with Gasteiger partial charge in [-0.3, -0.25) is 4.79 Å². The highest BCUT2D eigenvalue weighted by molar-refractivity contribution is 5.84. The number of ether oxygens (including phenoxy) is 16. The largest absolute Gasteiger partial charge is 0.481 e. The van der Waals surface area contributed by atoms with Crippen LogP contribution in [0.3, 0.4) is 0 Å². The molecule has 0 aliphatic carbocycles. The van der Waals surface area contributed by atoms with Gasteiger partial charge in [0, 0.05) is 43.9 Å². The molecule has 0 unspecified atom stereocenters. The van der Waals surface area contributed by atoms with Gasteiger partial charge in [-0.1, -0.05) is 179 Å². The highest BCUT2D eigenvalue weighted by atomic mass is 16.7. The zero-order valence-electron chi connectivity index (χ0n) is 63.4. The normalized spacial score (nSPS) is 42.2. The molecule has 6 aromatic carbocycles. The Morgan fingerprint density at radius 3 is 1.80 bits per heavy atom. The van der Waals surface area contributed by atoms with Crippen molar-refractivity contribution in [2.45, 2.75) is 289 Å². The molecule has 18 nitrogen and oxygen atoms in total. The third-order valence-electron chi connectivity index (χ3n) is 26.6. The van der Waals surface area contributed by atoms with E-state index >= 15 is 0 Å². The minimum absolute atomic E-state index is 0.0670. The minimum Gasteiger partial charge on any atom is -0.481 e. The van der Waals surface area contributed by atoms with Crippen LogP contribution in [0, 0.1) is 23.7 Å². The molecule has 12 aliphatic heterocycles. The van der Waals surface area contributed by atoms with E-state index in [2.05, 4.69) is 199 Å². The van der Waals surface area contributed by atoms with Crippen LogP contribution in [0.1, 0.15) is 128 Å². The van der Waals surface area contributed by atoms with Crippen molar-refractivity contribution >= 4 is 38.3 Å². The van der Waals surface area contributed by atoms with E-state index in [-0.39, 0.29) is 116 Å². The van der Waals surface area contributed by atoms with Gasteiger partial charge in [-0.05, 0) is 124 Å². The fraction of sp³-hybridized carbons (Fsp3) is 0.571. The van der Waals surface area contributed by atoms with Gasteiger partial charge < -0.3 is 80.9 Å². The molecule has 1 N–H and O–H groups in total. The van der Waals surface area contributed by atoms with Crippen LogP contribution in [0.4, 0.5) is 0 Å². The topological polar surface area (TPSA) is 185 Å². The van der Waals surface area contributed by atoms with E-state index in [1.807, 2.05) is 12.1 Å². The first-order valence-electron chi connectivity index (χ1n) is 40.8. The van der Waals surface area contributed by atoms with Gasteiger partial charge in [0.25, 0.3) is 0 Å². The number of carbonyl (C=O) groups is 1. The zero-order chi connectivity index (χ0) is 74.1. The molecule has 0 aromatic heterocycles. The molecule has 18 heteroatoms. The summed E-state index contributed by atoms with van der Waals surface area (Å²) in [6.45, 7) is 17.6. The van der Waals surface area contributed by atoms with E-state index in [4.69, 9.17) is 75.8 Å². The monoisotopic (exact) mass is 1490 g/mol. The summed E-state index contributed by atoms with van der Waals surface area (Å²) in [5.74, 6) is -1.55. The van der Waals surface area contributed by atoms with Crippen molar-refractivity contribution in [2.75, 3.05) is 13.2 Å². The molecule has 0 radical (unpaired) electrons. The standard InChI is InChI=1S/C91H108O18/c1-7-18-65-66(26-16-27-67-68(99-65)34-35-69-72(100-67)44-79-87(105-69)88(86-70(102-79)25-14-15-37-94-86)97-51-58-30-33-61-21-10-13-24-64(61)43-58)101-74-46-80(95-49-56-28-31-59-19-8-11-22-62(59)41-56)90(6)81(104-76(74)48-82(92)93)47-75-77(108-90)40-52(2)39-71-73(103-75)45-78-83(106-71)54(4)84(96-50-57-29-32-60-20-9-12-23-63(60)42-57)89-85(107-78)53(3)55(5)91(109-89)36-17-38-98-91/h7-16,19-24,26,28-35,41-43,52-55,65-81,83-89H,1,17-18,25,27,36-40,44-51H2,2-6H3,(H,92,93)/b26-16-/t52-,53+,54-,55+,65-,66+,67-,68+,69-,70+,71+,72+,73-,74-,75+,76+,77-,78+,79-,80-,81-,83-,84+,85-,86+,87-,88-,89+,90+,91-/m1/s1. The first kappa shape index (κ1) is 74.3. The molecule has 6 aromatic rings. The van der Waals surface area contributed by atoms with Gasteiger partial charge in [0.15, 0.2) is 5.79 Å². The van der Waals surface area contributed by atoms with E-state index in [1.165, 1.54) is 16.2 Å². The van der Waals surface area contributed by atoms with Gasteiger partial charge in [0.1, 0.15) is 48.3 Å². The van der Waals surface area contributed by atoms with E-state index in [0.717, 1.165) is 52.1 Å². The van der Waals surface area contributed by atoms with E-state index in [1.54, 1.807) is 0 Å². The van der Waals surface area contributed by atoms with Gasteiger partial charge in [-0.2, -0.15) is 0 Å². The van der Waals surface area contributed by atoms with Gasteiger partial charge in [-0.25, -0.2) is 0 Å². The molecule has 1 spiro atoms. The maximum atomic E-state index is 13.5. The number of carboxylic acid groups (broad SMARTS) is 1. The second kappa shape index (κ2) is 31.7. The Kier molecular flexibility index (Phi) is 21.6. The van der Waals surface area contributed by atoms with Crippen LogP contribution < -0.4 is 0 Å². The van der Waals surface area contributed by atoms with Gasteiger partial charge >= 0.3 is 5.97 Å². The number of carboxylic acids is 1. The summed E-state index contributed by atoms with van der Waals surface area (Å²) in [5.41, 5.74) is 2.08. The molecule has 9 saturated heterocycles. The molecule has 0 amide bonds. The lowest BCUT2D eigenvalue weighted by Gasteiger charge is -2.53. The maximum Gasteiger partial charge on any atom is 0.306 e. The third-order valence-corrected chi connectivity index (χ3v) is 26.6. The fourth-order valence-corrected chi connectivity index (χ4v) is 20.6. The van der Waals surface area contributed by atoms with Crippen LogP contribution >= 0.6 is 0 Å². The Labute approximate surface area is 640 Å².